The summed E-state index contributed by atoms with van der Waals surface area (Å²) in [6.45, 7) is 1.81. The Morgan fingerprint density at radius 2 is 1.65 bits per heavy atom. The second-order valence-electron chi connectivity index (χ2n) is 5.90. The minimum Gasteiger partial charge on any atom is -0.321 e. The Hall–Kier alpha value is -2.60. The molecule has 2 amide bonds. The molecule has 3 rings (SSSR count). The molecule has 6 heteroatoms. The maximum absolute atomic E-state index is 12.6. The molecular weight excluding hydrogens is 346 g/mol. The Morgan fingerprint density at radius 1 is 1.08 bits per heavy atom. The quantitative estimate of drug-likeness (QED) is 0.653. The number of benzene rings is 2. The van der Waals surface area contributed by atoms with Gasteiger partial charge in [-0.25, -0.2) is 5.43 Å². The highest BCUT2D eigenvalue weighted by molar-refractivity contribution is 7.99. The zero-order valence-corrected chi connectivity index (χ0v) is 15.4. The van der Waals surface area contributed by atoms with Gasteiger partial charge < -0.3 is 4.90 Å². The first-order valence-electron chi connectivity index (χ1n) is 8.56. The van der Waals surface area contributed by atoms with Gasteiger partial charge in [0, 0.05) is 23.3 Å². The number of hydrogen-bond acceptors (Lipinski definition) is 4. The van der Waals surface area contributed by atoms with Crippen molar-refractivity contribution in [3.8, 4) is 0 Å². The zero-order chi connectivity index (χ0) is 18.4. The summed E-state index contributed by atoms with van der Waals surface area (Å²) in [5.41, 5.74) is 5.20. The second kappa shape index (κ2) is 8.67. The molecule has 0 spiro atoms. The van der Waals surface area contributed by atoms with Gasteiger partial charge in [0.25, 0.3) is 5.91 Å². The molecule has 0 aromatic heterocycles. The number of carbonyl (C=O) groups is 2. The van der Waals surface area contributed by atoms with E-state index < -0.39 is 6.04 Å². The Labute approximate surface area is 157 Å². The zero-order valence-electron chi connectivity index (χ0n) is 14.6. The molecular formula is C20H21N3O2S. The van der Waals surface area contributed by atoms with Crippen molar-refractivity contribution in [2.45, 2.75) is 19.4 Å². The fourth-order valence-corrected chi connectivity index (χ4v) is 3.96. The summed E-state index contributed by atoms with van der Waals surface area (Å²) in [7, 11) is 0. The lowest BCUT2D eigenvalue weighted by atomic mass is 10.0. The minimum atomic E-state index is -0.469. The van der Waals surface area contributed by atoms with Gasteiger partial charge in [0.2, 0.25) is 5.91 Å². The lowest BCUT2D eigenvalue weighted by molar-refractivity contribution is -0.137. The SMILES string of the molecule is CCC(=O)N1CSCC1C(=O)NN=C(c1ccccc1)c1ccccc1. The van der Waals surface area contributed by atoms with Crippen LogP contribution < -0.4 is 5.43 Å². The van der Waals surface area contributed by atoms with E-state index in [9.17, 15) is 9.59 Å². The number of nitrogens with one attached hydrogen (secondary N) is 1. The number of thioether (sulfide) groups is 1. The van der Waals surface area contributed by atoms with Crippen LogP contribution >= 0.6 is 11.8 Å². The average molecular weight is 367 g/mol. The van der Waals surface area contributed by atoms with Gasteiger partial charge in [-0.2, -0.15) is 5.10 Å². The molecule has 1 saturated heterocycles. The van der Waals surface area contributed by atoms with Gasteiger partial charge in [-0.1, -0.05) is 67.6 Å². The summed E-state index contributed by atoms with van der Waals surface area (Å²) < 4.78 is 0. The summed E-state index contributed by atoms with van der Waals surface area (Å²) in [6.07, 6.45) is 0.396. The van der Waals surface area contributed by atoms with Crippen molar-refractivity contribution in [3.63, 3.8) is 0 Å². The number of rotatable bonds is 5. The van der Waals surface area contributed by atoms with Gasteiger partial charge in [-0.05, 0) is 0 Å². The molecule has 134 valence electrons. The van der Waals surface area contributed by atoms with E-state index in [2.05, 4.69) is 10.5 Å². The molecule has 2 aromatic rings. The fraction of sp³-hybridized carbons (Fsp3) is 0.250. The topological polar surface area (TPSA) is 61.8 Å². The molecule has 0 aliphatic carbocycles. The van der Waals surface area contributed by atoms with E-state index in [1.54, 1.807) is 23.6 Å². The third-order valence-corrected chi connectivity index (χ3v) is 5.19. The van der Waals surface area contributed by atoms with Crippen molar-refractivity contribution in [1.29, 1.82) is 0 Å². The predicted octanol–water partition coefficient (Wildman–Crippen LogP) is 2.87. The van der Waals surface area contributed by atoms with Crippen LogP contribution in [0.25, 0.3) is 0 Å². The lowest BCUT2D eigenvalue weighted by Gasteiger charge is -2.21. The average Bonchev–Trinajstić information content (AvgIpc) is 3.19. The fourth-order valence-electron chi connectivity index (χ4n) is 2.78. The Bertz CT molecular complexity index is 752. The number of amides is 2. The molecule has 1 unspecified atom stereocenters. The van der Waals surface area contributed by atoms with E-state index in [1.165, 1.54) is 0 Å². The van der Waals surface area contributed by atoms with Crippen LogP contribution in [-0.4, -0.2) is 40.1 Å². The molecule has 5 nitrogen and oxygen atoms in total. The van der Waals surface area contributed by atoms with E-state index in [4.69, 9.17) is 0 Å². The van der Waals surface area contributed by atoms with Gasteiger partial charge in [0.1, 0.15) is 6.04 Å². The molecule has 1 N–H and O–H groups in total. The van der Waals surface area contributed by atoms with Gasteiger partial charge in [-0.15, -0.1) is 11.8 Å². The molecule has 26 heavy (non-hydrogen) atoms. The van der Waals surface area contributed by atoms with Crippen molar-refractivity contribution in [2.24, 2.45) is 5.10 Å². The van der Waals surface area contributed by atoms with Crippen LogP contribution in [-0.2, 0) is 9.59 Å². The number of carbonyl (C=O) groups excluding carboxylic acids is 2. The third-order valence-electron chi connectivity index (χ3n) is 4.18. The van der Waals surface area contributed by atoms with Crippen molar-refractivity contribution in [3.05, 3.63) is 71.8 Å². The van der Waals surface area contributed by atoms with Gasteiger partial charge in [0.05, 0.1) is 11.6 Å². The molecule has 2 aromatic carbocycles. The van der Waals surface area contributed by atoms with Crippen LogP contribution in [0.1, 0.15) is 24.5 Å². The van der Waals surface area contributed by atoms with Crippen LogP contribution in [0.5, 0.6) is 0 Å². The monoisotopic (exact) mass is 367 g/mol. The molecule has 0 bridgehead atoms. The molecule has 1 fully saturated rings. The van der Waals surface area contributed by atoms with Crippen LogP contribution in [0.4, 0.5) is 0 Å². The smallest absolute Gasteiger partial charge is 0.263 e. The summed E-state index contributed by atoms with van der Waals surface area (Å²) in [6, 6.07) is 19.0. The maximum Gasteiger partial charge on any atom is 0.263 e. The second-order valence-corrected chi connectivity index (χ2v) is 6.90. The summed E-state index contributed by atoms with van der Waals surface area (Å²) in [5, 5.41) is 4.40. The van der Waals surface area contributed by atoms with E-state index in [0.29, 0.717) is 23.8 Å². The number of hydrogen-bond donors (Lipinski definition) is 1. The summed E-state index contributed by atoms with van der Waals surface area (Å²) >= 11 is 1.59. The van der Waals surface area contributed by atoms with Crippen LogP contribution in [0.3, 0.4) is 0 Å². The van der Waals surface area contributed by atoms with Crippen LogP contribution in [0.15, 0.2) is 65.8 Å². The first-order chi connectivity index (χ1) is 12.7. The standard InChI is InChI=1S/C20H21N3O2S/c1-2-18(24)23-14-26-13-17(23)20(25)22-21-19(15-9-5-3-6-10-15)16-11-7-4-8-12-16/h3-12,17H,2,13-14H2,1H3,(H,22,25). The number of nitrogens with zero attached hydrogens (tertiary/aromatic N) is 2. The summed E-state index contributed by atoms with van der Waals surface area (Å²) in [5.74, 6) is 0.893. The van der Waals surface area contributed by atoms with E-state index in [0.717, 1.165) is 11.1 Å². The van der Waals surface area contributed by atoms with Crippen LogP contribution in [0.2, 0.25) is 0 Å². The van der Waals surface area contributed by atoms with E-state index >= 15 is 0 Å². The third kappa shape index (κ3) is 4.14. The first kappa shape index (κ1) is 18.2. The highest BCUT2D eigenvalue weighted by atomic mass is 32.2. The number of hydrazone groups is 1. The molecule has 1 atom stereocenters. The van der Waals surface area contributed by atoms with Crippen molar-refractivity contribution < 1.29 is 9.59 Å². The van der Waals surface area contributed by atoms with Gasteiger partial charge in [0.15, 0.2) is 0 Å². The van der Waals surface area contributed by atoms with Gasteiger partial charge >= 0.3 is 0 Å². The van der Waals surface area contributed by atoms with Gasteiger partial charge in [-0.3, -0.25) is 9.59 Å². The lowest BCUT2D eigenvalue weighted by Crippen LogP contribution is -2.46. The van der Waals surface area contributed by atoms with E-state index in [1.807, 2.05) is 60.7 Å². The first-order valence-corrected chi connectivity index (χ1v) is 9.71. The van der Waals surface area contributed by atoms with Crippen molar-refractivity contribution in [2.75, 3.05) is 11.6 Å². The van der Waals surface area contributed by atoms with E-state index in [-0.39, 0.29) is 11.8 Å². The predicted molar refractivity (Wildman–Crippen MR) is 105 cm³/mol. The maximum atomic E-state index is 12.6. The Balaban J connectivity index is 1.83. The normalized spacial score (nSPS) is 16.2. The van der Waals surface area contributed by atoms with Crippen LogP contribution in [0, 0.1) is 0 Å². The Morgan fingerprint density at radius 3 is 2.19 bits per heavy atom. The highest BCUT2D eigenvalue weighted by Crippen LogP contribution is 2.22. The molecule has 1 aliphatic rings. The minimum absolute atomic E-state index is 0.00882. The largest absolute Gasteiger partial charge is 0.321 e. The molecule has 0 radical (unpaired) electrons. The van der Waals surface area contributed by atoms with Crippen molar-refractivity contribution >= 4 is 29.3 Å². The molecule has 1 aliphatic heterocycles. The summed E-state index contributed by atoms with van der Waals surface area (Å²) in [4.78, 5) is 26.2. The molecule has 0 saturated carbocycles. The Kier molecular flexibility index (Phi) is 6.07. The van der Waals surface area contributed by atoms with Crippen molar-refractivity contribution in [1.82, 2.24) is 10.3 Å². The highest BCUT2D eigenvalue weighted by Gasteiger charge is 2.33. The molecule has 1 heterocycles.